The third-order valence-corrected chi connectivity index (χ3v) is 4.35. The summed E-state index contributed by atoms with van der Waals surface area (Å²) in [5, 5.41) is 0. The second kappa shape index (κ2) is 5.13. The molecule has 0 heterocycles. The van der Waals surface area contributed by atoms with E-state index in [9.17, 15) is 12.8 Å². The van der Waals surface area contributed by atoms with E-state index in [1.165, 1.54) is 30.3 Å². The van der Waals surface area contributed by atoms with Crippen LogP contribution in [0.5, 0.6) is 0 Å². The topological polar surface area (TPSA) is 72.2 Å². The molecule has 0 saturated heterocycles. The van der Waals surface area contributed by atoms with Crippen LogP contribution < -0.4 is 10.5 Å². The van der Waals surface area contributed by atoms with Gasteiger partial charge in [-0.1, -0.05) is 6.07 Å². The molecule has 4 nitrogen and oxygen atoms in total. The fourth-order valence-corrected chi connectivity index (χ4v) is 2.79. The maximum absolute atomic E-state index is 13.2. The number of nitrogens with one attached hydrogen (secondary N) is 1. The van der Waals surface area contributed by atoms with E-state index in [1.54, 1.807) is 19.9 Å². The van der Waals surface area contributed by atoms with Crippen molar-refractivity contribution >= 4 is 21.4 Å². The van der Waals surface area contributed by atoms with E-state index in [-0.39, 0.29) is 10.7 Å². The second-order valence-electron chi connectivity index (χ2n) is 4.59. The Hall–Kier alpha value is -2.08. The molecule has 0 spiro atoms. The normalized spacial score (nSPS) is 11.3. The van der Waals surface area contributed by atoms with Gasteiger partial charge < -0.3 is 5.73 Å². The van der Waals surface area contributed by atoms with Crippen molar-refractivity contribution in [2.24, 2.45) is 0 Å². The number of hydrogen-bond donors (Lipinski definition) is 2. The Morgan fingerprint density at radius 2 is 1.75 bits per heavy atom. The molecular weight excluding hydrogens is 279 g/mol. The van der Waals surface area contributed by atoms with Gasteiger partial charge in [0.05, 0.1) is 4.90 Å². The van der Waals surface area contributed by atoms with E-state index in [1.807, 2.05) is 0 Å². The van der Waals surface area contributed by atoms with Gasteiger partial charge in [0.25, 0.3) is 10.0 Å². The van der Waals surface area contributed by atoms with Crippen LogP contribution in [0.3, 0.4) is 0 Å². The summed E-state index contributed by atoms with van der Waals surface area (Å²) in [5.41, 5.74) is 7.60. The zero-order chi connectivity index (χ0) is 14.9. The molecule has 0 aliphatic heterocycles. The van der Waals surface area contributed by atoms with Crippen molar-refractivity contribution in [2.75, 3.05) is 10.5 Å². The molecule has 20 heavy (non-hydrogen) atoms. The van der Waals surface area contributed by atoms with Crippen molar-refractivity contribution < 1.29 is 12.8 Å². The van der Waals surface area contributed by atoms with Crippen LogP contribution >= 0.6 is 0 Å². The minimum Gasteiger partial charge on any atom is -0.398 e. The molecule has 0 atom stereocenters. The summed E-state index contributed by atoms with van der Waals surface area (Å²) < 4.78 is 40.0. The smallest absolute Gasteiger partial charge is 0.261 e. The average Bonchev–Trinajstić information content (AvgIpc) is 2.37. The maximum atomic E-state index is 13.2. The van der Waals surface area contributed by atoms with E-state index < -0.39 is 10.0 Å². The summed E-state index contributed by atoms with van der Waals surface area (Å²) in [6.07, 6.45) is 0. The molecular formula is C14H15FN2O2S. The maximum Gasteiger partial charge on any atom is 0.261 e. The Kier molecular flexibility index (Phi) is 3.67. The average molecular weight is 294 g/mol. The number of rotatable bonds is 3. The minimum atomic E-state index is -3.73. The van der Waals surface area contributed by atoms with Crippen LogP contribution in [0.1, 0.15) is 11.1 Å². The van der Waals surface area contributed by atoms with E-state index in [4.69, 9.17) is 5.73 Å². The monoisotopic (exact) mass is 294 g/mol. The third kappa shape index (κ3) is 2.91. The fourth-order valence-electron chi connectivity index (χ4n) is 1.71. The highest BCUT2D eigenvalue weighted by Gasteiger charge is 2.15. The van der Waals surface area contributed by atoms with E-state index >= 15 is 0 Å². The molecule has 0 radical (unpaired) electrons. The second-order valence-corrected chi connectivity index (χ2v) is 6.27. The summed E-state index contributed by atoms with van der Waals surface area (Å²) in [7, 11) is -3.73. The first-order valence-electron chi connectivity index (χ1n) is 5.95. The molecule has 0 aliphatic rings. The Bertz CT molecular complexity index is 758. The first-order chi connectivity index (χ1) is 9.29. The SMILES string of the molecule is Cc1ccc(S(=O)(=O)Nc2ccc(F)c(C)c2)cc1N. The Morgan fingerprint density at radius 1 is 1.05 bits per heavy atom. The quantitative estimate of drug-likeness (QED) is 0.855. The standard InChI is InChI=1S/C14H15FN2O2S/c1-9-3-5-12(8-14(9)16)20(18,19)17-11-4-6-13(15)10(2)7-11/h3-8,17H,16H2,1-2H3. The highest BCUT2D eigenvalue weighted by molar-refractivity contribution is 7.92. The lowest BCUT2D eigenvalue weighted by molar-refractivity contribution is 0.601. The van der Waals surface area contributed by atoms with Gasteiger partial charge in [-0.2, -0.15) is 0 Å². The van der Waals surface area contributed by atoms with Crippen LogP contribution in [0.25, 0.3) is 0 Å². The number of benzene rings is 2. The van der Waals surface area contributed by atoms with Crippen LogP contribution in [0.2, 0.25) is 0 Å². The summed E-state index contributed by atoms with van der Waals surface area (Å²) in [6.45, 7) is 3.36. The van der Waals surface area contributed by atoms with Crippen LogP contribution in [-0.2, 0) is 10.0 Å². The predicted octanol–water partition coefficient (Wildman–Crippen LogP) is 2.83. The van der Waals surface area contributed by atoms with Gasteiger partial charge in [-0.25, -0.2) is 12.8 Å². The first kappa shape index (κ1) is 14.3. The van der Waals surface area contributed by atoms with Gasteiger partial charge in [-0.05, 0) is 55.3 Å². The lowest BCUT2D eigenvalue weighted by Gasteiger charge is -2.10. The van der Waals surface area contributed by atoms with Gasteiger partial charge in [-0.3, -0.25) is 4.72 Å². The molecule has 0 amide bonds. The molecule has 0 unspecified atom stereocenters. The summed E-state index contributed by atoms with van der Waals surface area (Å²) in [6, 6.07) is 8.54. The minimum absolute atomic E-state index is 0.0718. The zero-order valence-electron chi connectivity index (χ0n) is 11.1. The molecule has 106 valence electrons. The van der Waals surface area contributed by atoms with E-state index in [0.29, 0.717) is 16.9 Å². The number of halogens is 1. The molecule has 2 rings (SSSR count). The van der Waals surface area contributed by atoms with Crippen molar-refractivity contribution in [1.29, 1.82) is 0 Å². The Morgan fingerprint density at radius 3 is 2.35 bits per heavy atom. The van der Waals surface area contributed by atoms with Gasteiger partial charge in [0.15, 0.2) is 0 Å². The van der Waals surface area contributed by atoms with Gasteiger partial charge in [0.2, 0.25) is 0 Å². The molecule has 0 bridgehead atoms. The van der Waals surface area contributed by atoms with Crippen molar-refractivity contribution in [1.82, 2.24) is 0 Å². The molecule has 0 aromatic heterocycles. The van der Waals surface area contributed by atoms with Crippen LogP contribution in [0.4, 0.5) is 15.8 Å². The molecule has 2 aromatic carbocycles. The fraction of sp³-hybridized carbons (Fsp3) is 0.143. The Balaban J connectivity index is 2.35. The summed E-state index contributed by atoms with van der Waals surface area (Å²) >= 11 is 0. The molecule has 0 saturated carbocycles. The number of nitrogen functional groups attached to an aromatic ring is 1. The first-order valence-corrected chi connectivity index (χ1v) is 7.43. The summed E-state index contributed by atoms with van der Waals surface area (Å²) in [5.74, 6) is -0.382. The van der Waals surface area contributed by atoms with Crippen LogP contribution in [0.15, 0.2) is 41.3 Å². The van der Waals surface area contributed by atoms with Crippen LogP contribution in [-0.4, -0.2) is 8.42 Å². The van der Waals surface area contributed by atoms with Gasteiger partial charge >= 0.3 is 0 Å². The molecule has 6 heteroatoms. The molecule has 3 N–H and O–H groups in total. The molecule has 0 fully saturated rings. The highest BCUT2D eigenvalue weighted by Crippen LogP contribution is 2.21. The van der Waals surface area contributed by atoms with Crippen molar-refractivity contribution in [3.8, 4) is 0 Å². The van der Waals surface area contributed by atoms with Crippen LogP contribution in [0, 0.1) is 19.7 Å². The lowest BCUT2D eigenvalue weighted by atomic mass is 10.2. The third-order valence-electron chi connectivity index (χ3n) is 2.97. The Labute approximate surface area is 117 Å². The number of sulfonamides is 1. The van der Waals surface area contributed by atoms with Gasteiger partial charge in [-0.15, -0.1) is 0 Å². The van der Waals surface area contributed by atoms with E-state index in [2.05, 4.69) is 4.72 Å². The van der Waals surface area contributed by atoms with Gasteiger partial charge in [0, 0.05) is 11.4 Å². The predicted molar refractivity (Wildman–Crippen MR) is 77.5 cm³/mol. The number of anilines is 2. The lowest BCUT2D eigenvalue weighted by Crippen LogP contribution is -2.13. The zero-order valence-corrected chi connectivity index (χ0v) is 12.0. The highest BCUT2D eigenvalue weighted by atomic mass is 32.2. The van der Waals surface area contributed by atoms with Crippen molar-refractivity contribution in [2.45, 2.75) is 18.7 Å². The van der Waals surface area contributed by atoms with Gasteiger partial charge in [0.1, 0.15) is 5.82 Å². The summed E-state index contributed by atoms with van der Waals surface area (Å²) in [4.78, 5) is 0.0718. The molecule has 0 aliphatic carbocycles. The van der Waals surface area contributed by atoms with E-state index in [0.717, 1.165) is 5.56 Å². The number of nitrogens with two attached hydrogens (primary N) is 1. The van der Waals surface area contributed by atoms with Crippen molar-refractivity contribution in [3.63, 3.8) is 0 Å². The van der Waals surface area contributed by atoms with Crippen molar-refractivity contribution in [3.05, 3.63) is 53.3 Å². The number of aryl methyl sites for hydroxylation is 2. The molecule has 2 aromatic rings. The largest absolute Gasteiger partial charge is 0.398 e. The number of hydrogen-bond acceptors (Lipinski definition) is 3.